The summed E-state index contributed by atoms with van der Waals surface area (Å²) in [6.45, 7) is 0.583. The monoisotopic (exact) mass is 334 g/mol. The van der Waals surface area contributed by atoms with Crippen molar-refractivity contribution in [2.24, 2.45) is 0 Å². The Morgan fingerprint density at radius 1 is 1.60 bits per heavy atom. The summed E-state index contributed by atoms with van der Waals surface area (Å²) in [6.07, 6.45) is 2.00. The lowest BCUT2D eigenvalue weighted by atomic mass is 10.4. The smallest absolute Gasteiger partial charge is 0.229 e. The molecule has 7 heteroatoms. The van der Waals surface area contributed by atoms with Gasteiger partial charge in [0.05, 0.1) is 6.20 Å². The van der Waals surface area contributed by atoms with E-state index in [9.17, 15) is 4.79 Å². The predicted molar refractivity (Wildman–Crippen MR) is 63.8 cm³/mol. The molecule has 1 fully saturated rings. The van der Waals surface area contributed by atoms with Crippen LogP contribution in [0.1, 0.15) is 6.42 Å². The molecule has 2 N–H and O–H groups in total. The molecule has 1 atom stereocenters. The average molecular weight is 336 g/mol. The van der Waals surface area contributed by atoms with Gasteiger partial charge in [0.15, 0.2) is 11.6 Å². The van der Waals surface area contributed by atoms with Crippen molar-refractivity contribution in [3.8, 4) is 0 Å². The Morgan fingerprint density at radius 3 is 2.87 bits per heavy atom. The van der Waals surface area contributed by atoms with E-state index in [4.69, 9.17) is 5.73 Å². The Balaban J connectivity index is 2.34. The fraction of sp³-hybridized carbons (Fsp3) is 0.375. The Morgan fingerprint density at radius 2 is 2.33 bits per heavy atom. The molecule has 80 valence electrons. The van der Waals surface area contributed by atoms with E-state index >= 15 is 0 Å². The molecule has 1 aromatic heterocycles. The summed E-state index contributed by atoms with van der Waals surface area (Å²) in [5, 5.41) is 0. The molecular weight excluding hydrogens is 328 g/mol. The summed E-state index contributed by atoms with van der Waals surface area (Å²) >= 11 is 6.56. The van der Waals surface area contributed by atoms with Gasteiger partial charge < -0.3 is 5.73 Å². The highest BCUT2D eigenvalue weighted by Crippen LogP contribution is 2.27. The van der Waals surface area contributed by atoms with E-state index < -0.39 is 0 Å². The maximum absolute atomic E-state index is 11.6. The molecule has 1 aliphatic rings. The SMILES string of the molecule is Nc1nc(Br)cnc1N1CC(Br)CC1=O. The maximum atomic E-state index is 11.6. The number of carbonyl (C=O) groups excluding carboxylic acids is 1. The molecule has 0 aromatic carbocycles. The third-order valence-corrected chi connectivity index (χ3v) is 3.08. The Bertz CT molecular complexity index is 412. The van der Waals surface area contributed by atoms with Crippen molar-refractivity contribution >= 4 is 49.4 Å². The van der Waals surface area contributed by atoms with Gasteiger partial charge in [-0.15, -0.1) is 0 Å². The Labute approximate surface area is 103 Å². The molecule has 2 rings (SSSR count). The Kier molecular flexibility index (Phi) is 2.92. The quantitative estimate of drug-likeness (QED) is 0.786. The first kappa shape index (κ1) is 10.8. The molecule has 0 spiro atoms. The topological polar surface area (TPSA) is 72.1 Å². The molecule has 1 unspecified atom stereocenters. The van der Waals surface area contributed by atoms with Crippen LogP contribution >= 0.6 is 31.9 Å². The number of alkyl halides is 1. The number of aromatic nitrogens is 2. The minimum Gasteiger partial charge on any atom is -0.381 e. The minimum absolute atomic E-state index is 0.0141. The van der Waals surface area contributed by atoms with Crippen molar-refractivity contribution in [1.29, 1.82) is 0 Å². The summed E-state index contributed by atoms with van der Waals surface area (Å²) in [7, 11) is 0. The van der Waals surface area contributed by atoms with Gasteiger partial charge in [0.25, 0.3) is 0 Å². The van der Waals surface area contributed by atoms with Crippen molar-refractivity contribution in [2.75, 3.05) is 17.2 Å². The van der Waals surface area contributed by atoms with Crippen LogP contribution in [0.5, 0.6) is 0 Å². The van der Waals surface area contributed by atoms with Crippen LogP contribution < -0.4 is 10.6 Å². The third-order valence-electron chi connectivity index (χ3n) is 2.08. The first-order valence-corrected chi connectivity index (χ1v) is 6.01. The number of hydrogen-bond acceptors (Lipinski definition) is 4. The van der Waals surface area contributed by atoms with Gasteiger partial charge >= 0.3 is 0 Å². The summed E-state index contributed by atoms with van der Waals surface area (Å²) in [5.74, 6) is 0.713. The van der Waals surface area contributed by atoms with Crippen LogP contribution in [0, 0.1) is 0 Å². The number of rotatable bonds is 1. The second-order valence-electron chi connectivity index (χ2n) is 3.21. The first-order chi connectivity index (χ1) is 7.08. The van der Waals surface area contributed by atoms with Gasteiger partial charge in [0.1, 0.15) is 4.60 Å². The van der Waals surface area contributed by atoms with Crippen LogP contribution in [-0.4, -0.2) is 27.2 Å². The number of halogens is 2. The number of nitrogen functional groups attached to an aromatic ring is 1. The zero-order chi connectivity index (χ0) is 11.0. The van der Waals surface area contributed by atoms with E-state index in [2.05, 4.69) is 41.8 Å². The number of nitrogens with zero attached hydrogens (tertiary/aromatic N) is 3. The zero-order valence-corrected chi connectivity index (χ0v) is 10.8. The van der Waals surface area contributed by atoms with Crippen LogP contribution in [0.25, 0.3) is 0 Å². The molecule has 0 radical (unpaired) electrons. The third kappa shape index (κ3) is 2.12. The maximum Gasteiger partial charge on any atom is 0.229 e. The fourth-order valence-electron chi connectivity index (χ4n) is 1.45. The van der Waals surface area contributed by atoms with Crippen molar-refractivity contribution in [2.45, 2.75) is 11.2 Å². The van der Waals surface area contributed by atoms with E-state index in [0.29, 0.717) is 23.4 Å². The van der Waals surface area contributed by atoms with Crippen molar-refractivity contribution in [3.05, 3.63) is 10.8 Å². The normalized spacial score (nSPS) is 21.1. The van der Waals surface area contributed by atoms with Crippen molar-refractivity contribution in [3.63, 3.8) is 0 Å². The second kappa shape index (κ2) is 4.05. The minimum atomic E-state index is 0.0141. The highest BCUT2D eigenvalue weighted by atomic mass is 79.9. The van der Waals surface area contributed by atoms with E-state index in [0.717, 1.165) is 0 Å². The highest BCUT2D eigenvalue weighted by Gasteiger charge is 2.31. The molecule has 1 aliphatic heterocycles. The molecule has 1 amide bonds. The van der Waals surface area contributed by atoms with Gasteiger partial charge in [-0.2, -0.15) is 0 Å². The van der Waals surface area contributed by atoms with E-state index in [1.807, 2.05) is 0 Å². The average Bonchev–Trinajstić information content (AvgIpc) is 2.45. The molecular formula is C8H8Br2N4O. The summed E-state index contributed by atoms with van der Waals surface area (Å²) < 4.78 is 0.561. The van der Waals surface area contributed by atoms with Crippen LogP contribution in [0.4, 0.5) is 11.6 Å². The number of nitrogens with two attached hydrogens (primary N) is 1. The second-order valence-corrected chi connectivity index (χ2v) is 5.31. The largest absolute Gasteiger partial charge is 0.381 e. The first-order valence-electron chi connectivity index (χ1n) is 4.30. The van der Waals surface area contributed by atoms with Gasteiger partial charge in [0.2, 0.25) is 5.91 Å². The van der Waals surface area contributed by atoms with E-state index in [1.165, 1.54) is 6.20 Å². The molecule has 1 saturated heterocycles. The number of anilines is 2. The van der Waals surface area contributed by atoms with Gasteiger partial charge in [-0.25, -0.2) is 9.97 Å². The molecule has 0 bridgehead atoms. The number of hydrogen-bond donors (Lipinski definition) is 1. The van der Waals surface area contributed by atoms with Crippen molar-refractivity contribution < 1.29 is 4.79 Å². The molecule has 15 heavy (non-hydrogen) atoms. The van der Waals surface area contributed by atoms with Gasteiger partial charge in [-0.05, 0) is 15.9 Å². The van der Waals surface area contributed by atoms with Crippen LogP contribution in [-0.2, 0) is 4.79 Å². The lowest BCUT2D eigenvalue weighted by Gasteiger charge is -2.15. The fourth-order valence-corrected chi connectivity index (χ4v) is 2.31. The molecule has 1 aromatic rings. The van der Waals surface area contributed by atoms with Crippen LogP contribution in [0.2, 0.25) is 0 Å². The lowest BCUT2D eigenvalue weighted by Crippen LogP contribution is -2.27. The lowest BCUT2D eigenvalue weighted by molar-refractivity contribution is -0.117. The highest BCUT2D eigenvalue weighted by molar-refractivity contribution is 9.10. The molecule has 2 heterocycles. The standard InChI is InChI=1S/C8H8Br2N4O/c9-4-1-6(15)14(3-4)8-7(11)13-5(10)2-12-8/h2,4H,1,3H2,(H2,11,13). The molecule has 5 nitrogen and oxygen atoms in total. The Hall–Kier alpha value is -0.690. The van der Waals surface area contributed by atoms with Gasteiger partial charge in [0, 0.05) is 17.8 Å². The van der Waals surface area contributed by atoms with Crippen LogP contribution in [0.15, 0.2) is 10.8 Å². The zero-order valence-electron chi connectivity index (χ0n) is 7.65. The summed E-state index contributed by atoms with van der Waals surface area (Å²) in [5.41, 5.74) is 5.70. The summed E-state index contributed by atoms with van der Waals surface area (Å²) in [4.78, 5) is 21.4. The van der Waals surface area contributed by atoms with Crippen LogP contribution in [0.3, 0.4) is 0 Å². The number of amides is 1. The molecule has 0 saturated carbocycles. The number of carbonyl (C=O) groups is 1. The summed E-state index contributed by atoms with van der Waals surface area (Å²) in [6, 6.07) is 0. The van der Waals surface area contributed by atoms with E-state index in [-0.39, 0.29) is 16.6 Å². The van der Waals surface area contributed by atoms with Crippen molar-refractivity contribution in [1.82, 2.24) is 9.97 Å². The van der Waals surface area contributed by atoms with Gasteiger partial charge in [-0.1, -0.05) is 15.9 Å². The van der Waals surface area contributed by atoms with Gasteiger partial charge in [-0.3, -0.25) is 9.69 Å². The predicted octanol–water partition coefficient (Wildman–Crippen LogP) is 1.32. The molecule has 0 aliphatic carbocycles. The van der Waals surface area contributed by atoms with E-state index in [1.54, 1.807) is 4.90 Å².